The first-order valence-corrected chi connectivity index (χ1v) is 10.8. The van der Waals surface area contributed by atoms with Crippen LogP contribution in [0.25, 0.3) is 0 Å². The maximum atomic E-state index is 12.4. The van der Waals surface area contributed by atoms with E-state index in [4.69, 9.17) is 0 Å². The Labute approximate surface area is 143 Å². The van der Waals surface area contributed by atoms with Crippen molar-refractivity contribution in [3.8, 4) is 0 Å². The summed E-state index contributed by atoms with van der Waals surface area (Å²) in [5.41, 5.74) is 0.981. The van der Waals surface area contributed by atoms with Gasteiger partial charge in [-0.25, -0.2) is 0 Å². The minimum Gasteiger partial charge on any atom is -0.298 e. The Bertz CT molecular complexity index is 581. The molecule has 3 rings (SSSR count). The number of benzene rings is 1. The molecule has 0 amide bonds. The van der Waals surface area contributed by atoms with Gasteiger partial charge in [0.1, 0.15) is 0 Å². The van der Waals surface area contributed by atoms with Crippen molar-refractivity contribution < 1.29 is 8.42 Å². The van der Waals surface area contributed by atoms with E-state index in [2.05, 4.69) is 9.62 Å². The molecule has 0 radical (unpaired) electrons. The van der Waals surface area contributed by atoms with Crippen LogP contribution in [0.4, 0.5) is 0 Å². The maximum Gasteiger partial charge on any atom is 0.279 e. The summed E-state index contributed by atoms with van der Waals surface area (Å²) in [6.07, 6.45) is 2.48. The van der Waals surface area contributed by atoms with Crippen molar-refractivity contribution in [3.05, 3.63) is 35.9 Å². The van der Waals surface area contributed by atoms with Crippen LogP contribution >= 0.6 is 11.8 Å². The fourth-order valence-electron chi connectivity index (χ4n) is 3.22. The van der Waals surface area contributed by atoms with Crippen molar-refractivity contribution in [3.63, 3.8) is 0 Å². The third kappa shape index (κ3) is 4.70. The minimum atomic E-state index is -3.38. The van der Waals surface area contributed by atoms with E-state index in [1.165, 1.54) is 24.3 Å². The number of hydrogen-bond donors (Lipinski definition) is 1. The van der Waals surface area contributed by atoms with Gasteiger partial charge in [0.25, 0.3) is 10.2 Å². The van der Waals surface area contributed by atoms with E-state index < -0.39 is 10.2 Å². The second kappa shape index (κ2) is 7.98. The first-order chi connectivity index (χ1) is 11.1. The summed E-state index contributed by atoms with van der Waals surface area (Å²) in [7, 11) is -3.38. The lowest BCUT2D eigenvalue weighted by Gasteiger charge is -2.40. The SMILES string of the molecule is O=S(=O)(NCc1ccccc1)N1CCN(C2CCSCC2)CC1. The molecular formula is C16H25N3O2S2. The largest absolute Gasteiger partial charge is 0.298 e. The number of piperazine rings is 1. The van der Waals surface area contributed by atoms with Crippen molar-refractivity contribution in [1.82, 2.24) is 13.9 Å². The number of hydrogen-bond acceptors (Lipinski definition) is 4. The van der Waals surface area contributed by atoms with Crippen LogP contribution in [-0.2, 0) is 16.8 Å². The Morgan fingerprint density at radius 1 is 1.04 bits per heavy atom. The smallest absolute Gasteiger partial charge is 0.279 e. The van der Waals surface area contributed by atoms with Gasteiger partial charge in [0, 0.05) is 38.8 Å². The molecule has 2 fully saturated rings. The zero-order chi connectivity index (χ0) is 16.1. The average Bonchev–Trinajstić information content (AvgIpc) is 2.62. The molecule has 0 atom stereocenters. The van der Waals surface area contributed by atoms with E-state index in [0.29, 0.717) is 25.7 Å². The third-order valence-corrected chi connectivity index (χ3v) is 7.22. The number of nitrogens with one attached hydrogen (secondary N) is 1. The van der Waals surface area contributed by atoms with Crippen LogP contribution < -0.4 is 4.72 Å². The van der Waals surface area contributed by atoms with E-state index in [0.717, 1.165) is 18.7 Å². The van der Waals surface area contributed by atoms with Gasteiger partial charge in [-0.15, -0.1) is 0 Å². The molecule has 0 saturated carbocycles. The average molecular weight is 356 g/mol. The second-order valence-corrected chi connectivity index (χ2v) is 9.07. The van der Waals surface area contributed by atoms with Crippen molar-refractivity contribution >= 4 is 22.0 Å². The summed E-state index contributed by atoms with van der Waals surface area (Å²) in [4.78, 5) is 2.48. The highest BCUT2D eigenvalue weighted by molar-refractivity contribution is 7.99. The normalized spacial score (nSPS) is 22.3. The van der Waals surface area contributed by atoms with Crippen LogP contribution in [0.3, 0.4) is 0 Å². The molecule has 128 valence electrons. The van der Waals surface area contributed by atoms with E-state index >= 15 is 0 Å². The summed E-state index contributed by atoms with van der Waals surface area (Å²) in [6, 6.07) is 10.3. The highest BCUT2D eigenvalue weighted by atomic mass is 32.2. The molecule has 7 heteroatoms. The van der Waals surface area contributed by atoms with Gasteiger partial charge in [-0.1, -0.05) is 30.3 Å². The van der Waals surface area contributed by atoms with Crippen LogP contribution in [-0.4, -0.2) is 61.3 Å². The number of thioether (sulfide) groups is 1. The zero-order valence-electron chi connectivity index (χ0n) is 13.4. The molecule has 1 N–H and O–H groups in total. The topological polar surface area (TPSA) is 52.7 Å². The fraction of sp³-hybridized carbons (Fsp3) is 0.625. The summed E-state index contributed by atoms with van der Waals surface area (Å²) >= 11 is 2.03. The van der Waals surface area contributed by atoms with Crippen molar-refractivity contribution in [2.24, 2.45) is 0 Å². The standard InChI is InChI=1S/C16H25N3O2S2/c20-23(21,17-14-15-4-2-1-3-5-15)19-10-8-18(9-11-19)16-6-12-22-13-7-16/h1-5,16-17H,6-14H2. The van der Waals surface area contributed by atoms with Crippen molar-refractivity contribution in [2.75, 3.05) is 37.7 Å². The number of nitrogens with zero attached hydrogens (tertiary/aromatic N) is 2. The Hall–Kier alpha value is -0.600. The quantitative estimate of drug-likeness (QED) is 0.870. The van der Waals surface area contributed by atoms with Gasteiger partial charge in [0.15, 0.2) is 0 Å². The van der Waals surface area contributed by atoms with Gasteiger partial charge in [-0.2, -0.15) is 29.2 Å². The van der Waals surface area contributed by atoms with Crippen LogP contribution in [0.5, 0.6) is 0 Å². The molecule has 1 aromatic rings. The van der Waals surface area contributed by atoms with Gasteiger partial charge in [0.05, 0.1) is 0 Å². The molecular weight excluding hydrogens is 330 g/mol. The van der Waals surface area contributed by atoms with Crippen LogP contribution in [0, 0.1) is 0 Å². The van der Waals surface area contributed by atoms with E-state index in [-0.39, 0.29) is 0 Å². The van der Waals surface area contributed by atoms with E-state index in [1.54, 1.807) is 4.31 Å². The van der Waals surface area contributed by atoms with Crippen LogP contribution in [0.15, 0.2) is 30.3 Å². The first kappa shape index (κ1) is 17.2. The Morgan fingerprint density at radius 3 is 2.35 bits per heavy atom. The van der Waals surface area contributed by atoms with Gasteiger partial charge >= 0.3 is 0 Å². The first-order valence-electron chi connectivity index (χ1n) is 8.25. The molecule has 0 aromatic heterocycles. The molecule has 2 heterocycles. The van der Waals surface area contributed by atoms with Gasteiger partial charge < -0.3 is 0 Å². The van der Waals surface area contributed by atoms with Crippen LogP contribution in [0.2, 0.25) is 0 Å². The predicted octanol–water partition coefficient (Wildman–Crippen LogP) is 1.53. The summed E-state index contributed by atoms with van der Waals surface area (Å²) < 4.78 is 29.2. The van der Waals surface area contributed by atoms with Crippen LogP contribution in [0.1, 0.15) is 18.4 Å². The molecule has 0 unspecified atom stereocenters. The molecule has 2 saturated heterocycles. The Kier molecular flexibility index (Phi) is 5.98. The lowest BCUT2D eigenvalue weighted by atomic mass is 10.1. The van der Waals surface area contributed by atoms with Gasteiger partial charge in [-0.3, -0.25) is 4.90 Å². The Morgan fingerprint density at radius 2 is 1.70 bits per heavy atom. The summed E-state index contributed by atoms with van der Waals surface area (Å²) in [5, 5.41) is 0. The highest BCUT2D eigenvalue weighted by Crippen LogP contribution is 2.23. The molecule has 0 bridgehead atoms. The molecule has 2 aliphatic heterocycles. The lowest BCUT2D eigenvalue weighted by Crippen LogP contribution is -2.54. The van der Waals surface area contributed by atoms with Gasteiger partial charge in [0.2, 0.25) is 0 Å². The molecule has 2 aliphatic rings. The molecule has 0 aliphatic carbocycles. The molecule has 1 aromatic carbocycles. The fourth-order valence-corrected chi connectivity index (χ4v) is 5.48. The zero-order valence-corrected chi connectivity index (χ0v) is 15.0. The summed E-state index contributed by atoms with van der Waals surface area (Å²) in [6.45, 7) is 3.23. The molecule has 0 spiro atoms. The Balaban J connectivity index is 1.49. The van der Waals surface area contributed by atoms with E-state index in [9.17, 15) is 8.42 Å². The lowest BCUT2D eigenvalue weighted by molar-refractivity contribution is 0.129. The van der Waals surface area contributed by atoms with Crippen molar-refractivity contribution in [1.29, 1.82) is 0 Å². The maximum absolute atomic E-state index is 12.4. The molecule has 23 heavy (non-hydrogen) atoms. The molecule has 5 nitrogen and oxygen atoms in total. The second-order valence-electron chi connectivity index (χ2n) is 6.09. The van der Waals surface area contributed by atoms with Gasteiger partial charge in [-0.05, 0) is 29.9 Å². The van der Waals surface area contributed by atoms with Crippen molar-refractivity contribution in [2.45, 2.75) is 25.4 Å². The highest BCUT2D eigenvalue weighted by Gasteiger charge is 2.30. The third-order valence-electron chi connectivity index (χ3n) is 4.62. The summed E-state index contributed by atoms with van der Waals surface area (Å²) in [5.74, 6) is 2.48. The van der Waals surface area contributed by atoms with E-state index in [1.807, 2.05) is 42.1 Å². The predicted molar refractivity (Wildman–Crippen MR) is 95.7 cm³/mol. The number of rotatable bonds is 5. The minimum absolute atomic E-state index is 0.350. The monoisotopic (exact) mass is 355 g/mol.